The van der Waals surface area contributed by atoms with Gasteiger partial charge in [0, 0.05) is 24.7 Å². The molecule has 1 N–H and O–H groups in total. The largest absolute Gasteiger partial charge is 0.311 e. The molecule has 0 aliphatic carbocycles. The highest BCUT2D eigenvalue weighted by Crippen LogP contribution is 2.28. The van der Waals surface area contributed by atoms with Crippen molar-refractivity contribution in [3.63, 3.8) is 0 Å². The first-order valence-corrected chi connectivity index (χ1v) is 7.81. The molecule has 0 amide bonds. The Labute approximate surface area is 115 Å². The zero-order valence-electron chi connectivity index (χ0n) is 13.5. The maximum Gasteiger partial charge on any atom is 0.0329 e. The lowest BCUT2D eigenvalue weighted by atomic mass is 9.86. The first kappa shape index (κ1) is 16.0. The van der Waals surface area contributed by atoms with Crippen LogP contribution in [0.15, 0.2) is 0 Å². The van der Waals surface area contributed by atoms with Crippen molar-refractivity contribution in [3.05, 3.63) is 0 Å². The van der Waals surface area contributed by atoms with Gasteiger partial charge in [-0.15, -0.1) is 0 Å². The van der Waals surface area contributed by atoms with Gasteiger partial charge in [-0.1, -0.05) is 34.6 Å². The van der Waals surface area contributed by atoms with Gasteiger partial charge in [0.1, 0.15) is 0 Å². The molecule has 1 fully saturated rings. The molecular weight excluding hydrogens is 220 g/mol. The fourth-order valence-electron chi connectivity index (χ4n) is 3.14. The van der Waals surface area contributed by atoms with Crippen LogP contribution < -0.4 is 5.32 Å². The minimum absolute atomic E-state index is 0.407. The van der Waals surface area contributed by atoms with Crippen molar-refractivity contribution in [2.24, 2.45) is 5.41 Å². The van der Waals surface area contributed by atoms with Gasteiger partial charge >= 0.3 is 0 Å². The molecule has 108 valence electrons. The Kier molecular flexibility index (Phi) is 5.67. The Balaban J connectivity index is 2.57. The molecule has 1 heterocycles. The highest BCUT2D eigenvalue weighted by Gasteiger charge is 2.37. The van der Waals surface area contributed by atoms with Gasteiger partial charge in [0.2, 0.25) is 0 Å². The standard InChI is InChI=1S/C16H34N2/c1-7-16(8-2)13-17-14(3)12-18(16)11-9-10-15(4,5)6/h14,17H,7-13H2,1-6H3. The smallest absolute Gasteiger partial charge is 0.0329 e. The Hall–Kier alpha value is -0.0800. The minimum atomic E-state index is 0.407. The molecule has 1 unspecified atom stereocenters. The van der Waals surface area contributed by atoms with Crippen LogP contribution in [0.2, 0.25) is 0 Å². The zero-order valence-corrected chi connectivity index (χ0v) is 13.5. The lowest BCUT2D eigenvalue weighted by molar-refractivity contribution is 0.0317. The third kappa shape index (κ3) is 4.24. The summed E-state index contributed by atoms with van der Waals surface area (Å²) in [5, 5.41) is 3.67. The molecule has 0 aromatic rings. The number of piperazine rings is 1. The lowest BCUT2D eigenvalue weighted by Crippen LogP contribution is -2.63. The van der Waals surface area contributed by atoms with E-state index in [1.54, 1.807) is 0 Å². The lowest BCUT2D eigenvalue weighted by Gasteiger charge is -2.49. The molecule has 1 aliphatic heterocycles. The molecule has 1 saturated heterocycles. The molecule has 1 rings (SSSR count). The Morgan fingerprint density at radius 2 is 1.83 bits per heavy atom. The molecule has 0 aromatic heterocycles. The van der Waals surface area contributed by atoms with Crippen molar-refractivity contribution in [1.82, 2.24) is 10.2 Å². The summed E-state index contributed by atoms with van der Waals surface area (Å²) in [7, 11) is 0. The van der Waals surface area contributed by atoms with E-state index >= 15 is 0 Å². The van der Waals surface area contributed by atoms with Gasteiger partial charge in [0.05, 0.1) is 0 Å². The van der Waals surface area contributed by atoms with Crippen molar-refractivity contribution in [3.8, 4) is 0 Å². The molecule has 0 radical (unpaired) electrons. The predicted octanol–water partition coefficient (Wildman–Crippen LogP) is 3.67. The number of hydrogen-bond acceptors (Lipinski definition) is 2. The fourth-order valence-corrected chi connectivity index (χ4v) is 3.14. The second-order valence-corrected chi connectivity index (χ2v) is 7.32. The average Bonchev–Trinajstić information content (AvgIpc) is 2.28. The third-order valence-electron chi connectivity index (χ3n) is 4.62. The summed E-state index contributed by atoms with van der Waals surface area (Å²) < 4.78 is 0. The molecule has 0 saturated carbocycles. The van der Waals surface area contributed by atoms with Gasteiger partial charge in [-0.2, -0.15) is 0 Å². The summed E-state index contributed by atoms with van der Waals surface area (Å²) in [6.07, 6.45) is 5.18. The van der Waals surface area contributed by atoms with Crippen LogP contribution in [0.5, 0.6) is 0 Å². The van der Waals surface area contributed by atoms with E-state index in [9.17, 15) is 0 Å². The van der Waals surface area contributed by atoms with Crippen LogP contribution in [0, 0.1) is 5.41 Å². The quantitative estimate of drug-likeness (QED) is 0.805. The predicted molar refractivity (Wildman–Crippen MR) is 81.0 cm³/mol. The van der Waals surface area contributed by atoms with Crippen LogP contribution in [-0.2, 0) is 0 Å². The molecule has 0 bridgehead atoms. The summed E-state index contributed by atoms with van der Waals surface area (Å²) in [4.78, 5) is 2.76. The van der Waals surface area contributed by atoms with Gasteiger partial charge in [0.15, 0.2) is 0 Å². The molecule has 18 heavy (non-hydrogen) atoms. The summed E-state index contributed by atoms with van der Waals surface area (Å²) in [5.74, 6) is 0. The van der Waals surface area contributed by atoms with E-state index in [4.69, 9.17) is 0 Å². The molecule has 1 aliphatic rings. The van der Waals surface area contributed by atoms with E-state index in [0.717, 1.165) is 6.54 Å². The van der Waals surface area contributed by atoms with E-state index in [1.165, 1.54) is 38.8 Å². The van der Waals surface area contributed by atoms with Crippen molar-refractivity contribution < 1.29 is 0 Å². The second kappa shape index (κ2) is 6.38. The van der Waals surface area contributed by atoms with Gasteiger partial charge in [0.25, 0.3) is 0 Å². The van der Waals surface area contributed by atoms with E-state index < -0.39 is 0 Å². The number of nitrogens with zero attached hydrogens (tertiary/aromatic N) is 1. The van der Waals surface area contributed by atoms with Crippen LogP contribution >= 0.6 is 0 Å². The normalized spacial score (nSPS) is 25.3. The van der Waals surface area contributed by atoms with Crippen molar-refractivity contribution in [2.45, 2.75) is 78.8 Å². The summed E-state index contributed by atoms with van der Waals surface area (Å²) in [6.45, 7) is 17.7. The Bertz CT molecular complexity index is 238. The van der Waals surface area contributed by atoms with E-state index in [1.807, 2.05) is 0 Å². The van der Waals surface area contributed by atoms with Gasteiger partial charge in [-0.25, -0.2) is 0 Å². The molecule has 2 heteroatoms. The maximum atomic E-state index is 3.67. The minimum Gasteiger partial charge on any atom is -0.311 e. The van der Waals surface area contributed by atoms with Crippen LogP contribution in [-0.4, -0.2) is 36.1 Å². The highest BCUT2D eigenvalue weighted by molar-refractivity contribution is 4.96. The van der Waals surface area contributed by atoms with Gasteiger partial charge < -0.3 is 5.32 Å². The van der Waals surface area contributed by atoms with Gasteiger partial charge in [-0.05, 0) is 44.6 Å². The SMILES string of the molecule is CCC1(CC)CNC(C)CN1CCCC(C)(C)C. The monoisotopic (exact) mass is 254 g/mol. The van der Waals surface area contributed by atoms with Crippen LogP contribution in [0.25, 0.3) is 0 Å². The molecule has 2 nitrogen and oxygen atoms in total. The van der Waals surface area contributed by atoms with E-state index in [-0.39, 0.29) is 0 Å². The van der Waals surface area contributed by atoms with E-state index in [0.29, 0.717) is 17.0 Å². The topological polar surface area (TPSA) is 15.3 Å². The summed E-state index contributed by atoms with van der Waals surface area (Å²) in [5.41, 5.74) is 0.880. The number of hydrogen-bond donors (Lipinski definition) is 1. The first-order valence-electron chi connectivity index (χ1n) is 7.81. The van der Waals surface area contributed by atoms with Gasteiger partial charge in [-0.3, -0.25) is 4.90 Å². The van der Waals surface area contributed by atoms with Crippen molar-refractivity contribution in [1.29, 1.82) is 0 Å². The van der Waals surface area contributed by atoms with E-state index in [2.05, 4.69) is 51.8 Å². The fraction of sp³-hybridized carbons (Fsp3) is 1.00. The second-order valence-electron chi connectivity index (χ2n) is 7.32. The summed E-state index contributed by atoms with van der Waals surface area (Å²) in [6, 6.07) is 0.644. The number of nitrogens with one attached hydrogen (secondary N) is 1. The highest BCUT2D eigenvalue weighted by atomic mass is 15.3. The Morgan fingerprint density at radius 3 is 2.33 bits per heavy atom. The van der Waals surface area contributed by atoms with Crippen LogP contribution in [0.3, 0.4) is 0 Å². The molecule has 0 aromatic carbocycles. The number of rotatable bonds is 5. The molecule has 1 atom stereocenters. The first-order chi connectivity index (χ1) is 8.33. The molecule has 0 spiro atoms. The Morgan fingerprint density at radius 1 is 1.22 bits per heavy atom. The van der Waals surface area contributed by atoms with Crippen molar-refractivity contribution in [2.75, 3.05) is 19.6 Å². The van der Waals surface area contributed by atoms with Crippen LogP contribution in [0.4, 0.5) is 0 Å². The molecular formula is C16H34N2. The average molecular weight is 254 g/mol. The summed E-state index contributed by atoms with van der Waals surface area (Å²) >= 11 is 0. The third-order valence-corrected chi connectivity index (χ3v) is 4.62. The maximum absolute atomic E-state index is 3.67. The van der Waals surface area contributed by atoms with Crippen molar-refractivity contribution >= 4 is 0 Å². The zero-order chi connectivity index (χ0) is 13.8. The van der Waals surface area contributed by atoms with Crippen LogP contribution in [0.1, 0.15) is 67.2 Å².